The van der Waals surface area contributed by atoms with Gasteiger partial charge in [-0.05, 0) is 37.0 Å². The minimum Gasteiger partial charge on any atom is -0.496 e. The van der Waals surface area contributed by atoms with Crippen LogP contribution >= 0.6 is 0 Å². The van der Waals surface area contributed by atoms with E-state index in [-0.39, 0.29) is 36.2 Å². The van der Waals surface area contributed by atoms with E-state index in [9.17, 15) is 13.2 Å². The van der Waals surface area contributed by atoms with Crippen LogP contribution in [0.25, 0.3) is 22.5 Å². The molecule has 0 radical (unpaired) electrons. The number of piperidine rings is 1. The van der Waals surface area contributed by atoms with Crippen LogP contribution in [-0.4, -0.2) is 56.9 Å². The van der Waals surface area contributed by atoms with Crippen LogP contribution in [0.4, 0.5) is 30.5 Å². The van der Waals surface area contributed by atoms with E-state index in [0.717, 1.165) is 36.2 Å². The molecule has 2 aliphatic rings. The lowest BCUT2D eigenvalue weighted by atomic mass is 9.81. The number of aromatic nitrogens is 5. The summed E-state index contributed by atoms with van der Waals surface area (Å²) in [6.45, 7) is 1.97. The quantitative estimate of drug-likeness (QED) is 0.298. The van der Waals surface area contributed by atoms with Crippen LogP contribution in [0.1, 0.15) is 25.7 Å². The molecule has 1 saturated heterocycles. The molecule has 0 spiro atoms. The van der Waals surface area contributed by atoms with Crippen molar-refractivity contribution in [2.75, 3.05) is 30.4 Å². The molecule has 0 amide bonds. The predicted molar refractivity (Wildman–Crippen MR) is 150 cm³/mol. The van der Waals surface area contributed by atoms with Crippen molar-refractivity contribution in [1.82, 2.24) is 24.7 Å². The van der Waals surface area contributed by atoms with Crippen molar-refractivity contribution in [2.45, 2.75) is 44.2 Å². The third-order valence-corrected chi connectivity index (χ3v) is 7.58. The predicted octanol–water partition coefficient (Wildman–Crippen LogP) is 5.27. The van der Waals surface area contributed by atoms with E-state index in [1.807, 2.05) is 12.3 Å². The van der Waals surface area contributed by atoms with Crippen LogP contribution in [0.3, 0.4) is 0 Å². The monoisotopic (exact) mass is 564 g/mol. The Morgan fingerprint density at radius 3 is 2.78 bits per heavy atom. The van der Waals surface area contributed by atoms with E-state index in [1.165, 1.54) is 13.2 Å². The highest BCUT2D eigenvalue weighted by Gasteiger charge is 2.45. The molecule has 6 rings (SSSR count). The first kappa shape index (κ1) is 27.0. The van der Waals surface area contributed by atoms with Crippen molar-refractivity contribution < 1.29 is 17.9 Å². The Bertz CT molecular complexity index is 1540. The zero-order valence-corrected chi connectivity index (χ0v) is 22.6. The second kappa shape index (κ2) is 11.0. The van der Waals surface area contributed by atoms with Crippen molar-refractivity contribution in [3.8, 4) is 28.3 Å². The maximum atomic E-state index is 14.7. The lowest BCUT2D eigenvalue weighted by Crippen LogP contribution is -2.43. The highest BCUT2D eigenvalue weighted by molar-refractivity contribution is 5.80. The van der Waals surface area contributed by atoms with Gasteiger partial charge in [0.2, 0.25) is 5.92 Å². The maximum absolute atomic E-state index is 14.7. The van der Waals surface area contributed by atoms with Gasteiger partial charge >= 0.3 is 0 Å². The summed E-state index contributed by atoms with van der Waals surface area (Å²) in [5.74, 6) is -1.63. The number of hydrogen-bond acceptors (Lipinski definition) is 8. The first-order chi connectivity index (χ1) is 19.8. The SMILES string of the molecule is COc1cccc(F)c1-c1nccc(Nc2cc(N3CCC[C@H](N)C3)c(-c3cnn(CC4CC(F)(F)C4)c3)cn2)n1. The molecule has 1 aliphatic carbocycles. The minimum absolute atomic E-state index is 0.0457. The van der Waals surface area contributed by atoms with Crippen LogP contribution in [0, 0.1) is 11.7 Å². The van der Waals surface area contributed by atoms with E-state index < -0.39 is 11.7 Å². The van der Waals surface area contributed by atoms with Crippen LogP contribution in [0.15, 0.2) is 55.1 Å². The van der Waals surface area contributed by atoms with E-state index in [4.69, 9.17) is 10.5 Å². The molecule has 0 bridgehead atoms. The number of methoxy groups -OCH3 is 1. The summed E-state index contributed by atoms with van der Waals surface area (Å²) in [6.07, 6.45) is 8.64. The van der Waals surface area contributed by atoms with Gasteiger partial charge in [0.15, 0.2) is 5.82 Å². The number of pyridine rings is 1. The lowest BCUT2D eigenvalue weighted by Gasteiger charge is -2.34. The number of halogens is 3. The number of anilines is 3. The van der Waals surface area contributed by atoms with Crippen molar-refractivity contribution in [3.05, 3.63) is 60.9 Å². The van der Waals surface area contributed by atoms with Gasteiger partial charge in [-0.25, -0.2) is 28.1 Å². The summed E-state index contributed by atoms with van der Waals surface area (Å²) in [5.41, 5.74) is 9.13. The van der Waals surface area contributed by atoms with E-state index in [2.05, 4.69) is 30.3 Å². The Balaban J connectivity index is 1.29. The molecular weight excluding hydrogens is 533 g/mol. The summed E-state index contributed by atoms with van der Waals surface area (Å²) in [4.78, 5) is 15.6. The van der Waals surface area contributed by atoms with Gasteiger partial charge in [-0.15, -0.1) is 0 Å². The average Bonchev–Trinajstić information content (AvgIpc) is 3.40. The first-order valence-corrected chi connectivity index (χ1v) is 13.6. The zero-order valence-electron chi connectivity index (χ0n) is 22.6. The number of hydrogen-bond donors (Lipinski definition) is 2. The van der Waals surface area contributed by atoms with Gasteiger partial charge in [-0.2, -0.15) is 5.10 Å². The summed E-state index contributed by atoms with van der Waals surface area (Å²) in [5, 5.41) is 7.66. The molecule has 3 N–H and O–H groups in total. The molecule has 9 nitrogen and oxygen atoms in total. The molecule has 3 aromatic heterocycles. The Morgan fingerprint density at radius 1 is 1.15 bits per heavy atom. The van der Waals surface area contributed by atoms with Gasteiger partial charge in [-0.1, -0.05) is 6.07 Å². The number of nitrogens with two attached hydrogens (primary N) is 1. The largest absolute Gasteiger partial charge is 0.496 e. The molecule has 214 valence electrons. The van der Waals surface area contributed by atoms with Gasteiger partial charge in [0, 0.05) is 80.0 Å². The standard InChI is InChI=1S/C29H31F3N8O/c1-41-24-6-2-5-22(30)27(24)28-34-8-7-25(38-28)37-26-10-23(39-9-3-4-20(33)17-39)21(14-35-26)19-13-36-40(16-19)15-18-11-29(31,32)12-18/h2,5-8,10,13-14,16,18,20H,3-4,9,11-12,15,17,33H2,1H3,(H,34,35,37,38)/t20-/m0/s1. The zero-order chi connectivity index (χ0) is 28.6. The molecule has 41 heavy (non-hydrogen) atoms. The third-order valence-electron chi connectivity index (χ3n) is 7.58. The fraction of sp³-hybridized carbons (Fsp3) is 0.379. The third kappa shape index (κ3) is 5.83. The molecule has 1 aliphatic heterocycles. The molecule has 1 aromatic carbocycles. The molecule has 2 fully saturated rings. The van der Waals surface area contributed by atoms with E-state index in [1.54, 1.807) is 41.5 Å². The second-order valence-electron chi connectivity index (χ2n) is 10.7. The molecule has 1 saturated carbocycles. The number of nitrogens with one attached hydrogen (secondary N) is 1. The molecular formula is C29H31F3N8O. The molecule has 4 heterocycles. The number of benzene rings is 1. The number of nitrogens with zero attached hydrogens (tertiary/aromatic N) is 6. The Kier molecular flexibility index (Phi) is 7.24. The lowest BCUT2D eigenvalue weighted by molar-refractivity contribution is -0.114. The normalized spacial score (nSPS) is 18.7. The number of alkyl halides is 2. The number of rotatable bonds is 8. The molecule has 4 aromatic rings. The summed E-state index contributed by atoms with van der Waals surface area (Å²) in [7, 11) is 1.47. The van der Waals surface area contributed by atoms with Gasteiger partial charge in [0.1, 0.15) is 23.2 Å². The average molecular weight is 565 g/mol. The Morgan fingerprint density at radius 2 is 2.00 bits per heavy atom. The minimum atomic E-state index is -2.56. The second-order valence-corrected chi connectivity index (χ2v) is 10.7. The summed E-state index contributed by atoms with van der Waals surface area (Å²) < 4.78 is 48.3. The van der Waals surface area contributed by atoms with E-state index >= 15 is 0 Å². The van der Waals surface area contributed by atoms with Crippen LogP contribution < -0.4 is 20.7 Å². The molecule has 0 unspecified atom stereocenters. The Hall–Kier alpha value is -4.19. The summed E-state index contributed by atoms with van der Waals surface area (Å²) >= 11 is 0. The van der Waals surface area contributed by atoms with Crippen molar-refractivity contribution >= 4 is 17.3 Å². The van der Waals surface area contributed by atoms with Crippen molar-refractivity contribution in [1.29, 1.82) is 0 Å². The van der Waals surface area contributed by atoms with Crippen LogP contribution in [0.2, 0.25) is 0 Å². The first-order valence-electron chi connectivity index (χ1n) is 13.6. The van der Waals surface area contributed by atoms with Gasteiger partial charge in [0.25, 0.3) is 0 Å². The smallest absolute Gasteiger partial charge is 0.248 e. The molecule has 1 atom stereocenters. The van der Waals surface area contributed by atoms with Crippen LogP contribution in [-0.2, 0) is 6.54 Å². The molecule has 12 heteroatoms. The van der Waals surface area contributed by atoms with Crippen molar-refractivity contribution in [3.63, 3.8) is 0 Å². The highest BCUT2D eigenvalue weighted by Crippen LogP contribution is 2.43. The van der Waals surface area contributed by atoms with Crippen LogP contribution in [0.5, 0.6) is 5.75 Å². The number of ether oxygens (including phenoxy) is 1. The summed E-state index contributed by atoms with van der Waals surface area (Å²) in [6, 6.07) is 8.21. The Labute approximate surface area is 235 Å². The fourth-order valence-corrected chi connectivity index (χ4v) is 5.58. The van der Waals surface area contributed by atoms with Crippen molar-refractivity contribution in [2.24, 2.45) is 11.7 Å². The maximum Gasteiger partial charge on any atom is 0.248 e. The topological polar surface area (TPSA) is 107 Å². The van der Waals surface area contributed by atoms with Gasteiger partial charge < -0.3 is 20.7 Å². The van der Waals surface area contributed by atoms with Gasteiger partial charge in [-0.3, -0.25) is 4.68 Å². The van der Waals surface area contributed by atoms with Gasteiger partial charge in [0.05, 0.1) is 18.9 Å². The highest BCUT2D eigenvalue weighted by atomic mass is 19.3. The van der Waals surface area contributed by atoms with E-state index in [0.29, 0.717) is 30.5 Å². The fourth-order valence-electron chi connectivity index (χ4n) is 5.58.